The zero-order valence-electron chi connectivity index (χ0n) is 19.0. The minimum atomic E-state index is 0. The quantitative estimate of drug-likeness (QED) is 0.303. The summed E-state index contributed by atoms with van der Waals surface area (Å²) in [7, 11) is 4.01. The van der Waals surface area contributed by atoms with Crippen LogP contribution in [-0.2, 0) is 26.1 Å². The lowest BCUT2D eigenvalue weighted by Crippen LogP contribution is -2.38. The molecular formula is C22H37IN8. The van der Waals surface area contributed by atoms with Crippen molar-refractivity contribution in [3.63, 3.8) is 0 Å². The lowest BCUT2D eigenvalue weighted by molar-refractivity contribution is 0.269. The van der Waals surface area contributed by atoms with Crippen LogP contribution in [0.2, 0.25) is 0 Å². The molecule has 0 radical (unpaired) electrons. The summed E-state index contributed by atoms with van der Waals surface area (Å²) in [6, 6.07) is 8.93. The van der Waals surface area contributed by atoms with Crippen LogP contribution in [-0.4, -0.2) is 77.3 Å². The summed E-state index contributed by atoms with van der Waals surface area (Å²) in [5.74, 6) is 1.81. The highest BCUT2D eigenvalue weighted by molar-refractivity contribution is 14.0. The topological polar surface area (TPSA) is 73.6 Å². The number of nitrogens with zero attached hydrogens (tertiary/aromatic N) is 6. The van der Waals surface area contributed by atoms with Crippen LogP contribution >= 0.6 is 24.0 Å². The highest BCUT2D eigenvalue weighted by atomic mass is 127. The van der Waals surface area contributed by atoms with Gasteiger partial charge in [0.15, 0.2) is 5.96 Å². The number of hydrogen-bond donors (Lipinski definition) is 2. The number of nitrogens with one attached hydrogen (secondary N) is 2. The molecule has 1 aliphatic heterocycles. The normalized spacial score (nSPS) is 15.9. The number of hydrogen-bond acceptors (Lipinski definition) is 5. The van der Waals surface area contributed by atoms with Gasteiger partial charge >= 0.3 is 0 Å². The molecule has 8 nitrogen and oxygen atoms in total. The van der Waals surface area contributed by atoms with Gasteiger partial charge in [-0.3, -0.25) is 9.89 Å². The number of rotatable bonds is 8. The van der Waals surface area contributed by atoms with Crippen LogP contribution < -0.4 is 10.6 Å². The SMILES string of the molecule is CCc1nncn1CCNC(=NC)NCc1ccc(CN2CCCN(C)CC2)cc1.I. The van der Waals surface area contributed by atoms with Gasteiger partial charge in [-0.25, -0.2) is 0 Å². The third-order valence-corrected chi connectivity index (χ3v) is 5.58. The number of guanidine groups is 1. The lowest BCUT2D eigenvalue weighted by Gasteiger charge is -2.20. The molecule has 172 valence electrons. The molecule has 0 atom stereocenters. The van der Waals surface area contributed by atoms with Gasteiger partial charge in [0.1, 0.15) is 12.2 Å². The van der Waals surface area contributed by atoms with E-state index in [9.17, 15) is 0 Å². The maximum absolute atomic E-state index is 4.32. The van der Waals surface area contributed by atoms with E-state index < -0.39 is 0 Å². The third-order valence-electron chi connectivity index (χ3n) is 5.58. The first-order valence-electron chi connectivity index (χ1n) is 11.0. The number of aliphatic imine (C=N–C) groups is 1. The van der Waals surface area contributed by atoms with Gasteiger partial charge < -0.3 is 20.1 Å². The Balaban J connectivity index is 0.00000341. The average Bonchev–Trinajstić information content (AvgIpc) is 3.12. The second-order valence-electron chi connectivity index (χ2n) is 7.90. The summed E-state index contributed by atoms with van der Waals surface area (Å²) >= 11 is 0. The zero-order chi connectivity index (χ0) is 21.2. The van der Waals surface area contributed by atoms with Crippen molar-refractivity contribution >= 4 is 29.9 Å². The molecule has 3 rings (SSSR count). The molecule has 9 heteroatoms. The molecule has 0 spiro atoms. The van der Waals surface area contributed by atoms with Crippen molar-refractivity contribution in [3.05, 3.63) is 47.5 Å². The summed E-state index contributed by atoms with van der Waals surface area (Å²) < 4.78 is 2.07. The van der Waals surface area contributed by atoms with E-state index in [1.807, 2.05) is 0 Å². The molecule has 1 fully saturated rings. The Labute approximate surface area is 203 Å². The van der Waals surface area contributed by atoms with E-state index in [0.717, 1.165) is 57.5 Å². The van der Waals surface area contributed by atoms with Gasteiger partial charge in [-0.1, -0.05) is 31.2 Å². The standard InChI is InChI=1S/C22H36N8.HI/c1-4-21-27-26-18-30(21)13-10-24-22(23-2)25-16-19-6-8-20(9-7-19)17-29-12-5-11-28(3)14-15-29;/h6-9,18H,4-5,10-17H2,1-3H3,(H2,23,24,25);1H. The number of likely N-dealkylation sites (N-methyl/N-ethyl adjacent to an activating group) is 1. The van der Waals surface area contributed by atoms with E-state index in [4.69, 9.17) is 0 Å². The fourth-order valence-electron chi connectivity index (χ4n) is 3.72. The van der Waals surface area contributed by atoms with Crippen LogP contribution in [0, 0.1) is 0 Å². The number of benzene rings is 1. The van der Waals surface area contributed by atoms with Gasteiger partial charge in [-0.15, -0.1) is 34.2 Å². The third kappa shape index (κ3) is 8.38. The molecule has 2 aromatic rings. The van der Waals surface area contributed by atoms with Crippen molar-refractivity contribution in [3.8, 4) is 0 Å². The van der Waals surface area contributed by atoms with Gasteiger partial charge in [-0.05, 0) is 37.7 Å². The fraction of sp³-hybridized carbons (Fsp3) is 0.591. The molecule has 2 N–H and O–H groups in total. The van der Waals surface area contributed by atoms with Crippen LogP contribution in [0.1, 0.15) is 30.3 Å². The molecule has 1 aromatic heterocycles. The molecule has 0 aliphatic carbocycles. The molecule has 1 saturated heterocycles. The smallest absolute Gasteiger partial charge is 0.191 e. The zero-order valence-corrected chi connectivity index (χ0v) is 21.4. The molecule has 1 aromatic carbocycles. The Hall–Kier alpha value is -1.72. The Kier molecular flexibility index (Phi) is 11.2. The van der Waals surface area contributed by atoms with Crippen LogP contribution in [0.3, 0.4) is 0 Å². The highest BCUT2D eigenvalue weighted by Gasteiger charge is 2.12. The van der Waals surface area contributed by atoms with Gasteiger partial charge in [0.2, 0.25) is 0 Å². The molecule has 2 heterocycles. The van der Waals surface area contributed by atoms with E-state index in [-0.39, 0.29) is 24.0 Å². The highest BCUT2D eigenvalue weighted by Crippen LogP contribution is 2.10. The summed E-state index contributed by atoms with van der Waals surface area (Å²) in [6.07, 6.45) is 3.92. The molecule has 0 amide bonds. The molecule has 0 unspecified atom stereocenters. The van der Waals surface area contributed by atoms with Gasteiger partial charge in [-0.2, -0.15) is 0 Å². The van der Waals surface area contributed by atoms with E-state index in [1.54, 1.807) is 13.4 Å². The van der Waals surface area contributed by atoms with Crippen molar-refractivity contribution in [1.29, 1.82) is 0 Å². The Morgan fingerprint density at radius 2 is 1.84 bits per heavy atom. The number of aromatic nitrogens is 3. The average molecular weight is 540 g/mol. The van der Waals surface area contributed by atoms with Gasteiger partial charge in [0.25, 0.3) is 0 Å². The van der Waals surface area contributed by atoms with Crippen molar-refractivity contribution in [1.82, 2.24) is 35.2 Å². The largest absolute Gasteiger partial charge is 0.355 e. The van der Waals surface area contributed by atoms with E-state index in [0.29, 0.717) is 0 Å². The van der Waals surface area contributed by atoms with Crippen molar-refractivity contribution < 1.29 is 0 Å². The fourth-order valence-corrected chi connectivity index (χ4v) is 3.72. The minimum Gasteiger partial charge on any atom is -0.355 e. The first-order chi connectivity index (χ1) is 14.7. The monoisotopic (exact) mass is 540 g/mol. The molecule has 31 heavy (non-hydrogen) atoms. The maximum atomic E-state index is 4.32. The summed E-state index contributed by atoms with van der Waals surface area (Å²) in [4.78, 5) is 9.30. The Morgan fingerprint density at radius 1 is 1.06 bits per heavy atom. The van der Waals surface area contributed by atoms with Crippen molar-refractivity contribution in [2.45, 2.75) is 39.4 Å². The van der Waals surface area contributed by atoms with E-state index in [1.165, 1.54) is 30.6 Å². The predicted molar refractivity (Wildman–Crippen MR) is 137 cm³/mol. The predicted octanol–water partition coefficient (Wildman–Crippen LogP) is 1.96. The van der Waals surface area contributed by atoms with Crippen LogP contribution in [0.15, 0.2) is 35.6 Å². The van der Waals surface area contributed by atoms with E-state index in [2.05, 4.69) is 78.4 Å². The Morgan fingerprint density at radius 3 is 2.58 bits per heavy atom. The summed E-state index contributed by atoms with van der Waals surface area (Å²) in [5.41, 5.74) is 2.64. The van der Waals surface area contributed by atoms with Gasteiger partial charge in [0, 0.05) is 52.7 Å². The molecule has 1 aliphatic rings. The number of halogens is 1. The summed E-state index contributed by atoms with van der Waals surface area (Å²) in [5, 5.41) is 14.8. The maximum Gasteiger partial charge on any atom is 0.191 e. The van der Waals surface area contributed by atoms with Crippen LogP contribution in [0.4, 0.5) is 0 Å². The molecule has 0 saturated carbocycles. The Bertz CT molecular complexity index is 789. The number of aryl methyl sites for hydroxylation is 1. The van der Waals surface area contributed by atoms with Gasteiger partial charge in [0.05, 0.1) is 0 Å². The first kappa shape index (κ1) is 25.5. The second kappa shape index (κ2) is 13.6. The second-order valence-corrected chi connectivity index (χ2v) is 7.90. The minimum absolute atomic E-state index is 0. The molecule has 0 bridgehead atoms. The van der Waals surface area contributed by atoms with E-state index >= 15 is 0 Å². The first-order valence-corrected chi connectivity index (χ1v) is 11.0. The lowest BCUT2D eigenvalue weighted by atomic mass is 10.1. The van der Waals surface area contributed by atoms with Crippen LogP contribution in [0.25, 0.3) is 0 Å². The summed E-state index contributed by atoms with van der Waals surface area (Å²) in [6.45, 7) is 10.2. The van der Waals surface area contributed by atoms with Crippen molar-refractivity contribution in [2.75, 3.05) is 46.8 Å². The molecular weight excluding hydrogens is 503 g/mol. The van der Waals surface area contributed by atoms with Crippen LogP contribution in [0.5, 0.6) is 0 Å². The van der Waals surface area contributed by atoms with Crippen molar-refractivity contribution in [2.24, 2.45) is 4.99 Å².